The van der Waals surface area contributed by atoms with Crippen LogP contribution < -0.4 is 10.6 Å². The smallest absolute Gasteiger partial charge is 0.243 e. The first-order valence-electron chi connectivity index (χ1n) is 12.2. The van der Waals surface area contributed by atoms with Crippen LogP contribution in [0.2, 0.25) is 0 Å². The molecule has 3 rings (SSSR count). The van der Waals surface area contributed by atoms with Gasteiger partial charge >= 0.3 is 0 Å². The molecule has 192 valence electrons. The second-order valence-electron chi connectivity index (χ2n) is 11.7. The molecule has 35 heavy (non-hydrogen) atoms. The maximum Gasteiger partial charge on any atom is 0.243 e. The molecule has 2 heterocycles. The summed E-state index contributed by atoms with van der Waals surface area (Å²) in [5, 5.41) is 16.9. The molecule has 4 atom stereocenters. The summed E-state index contributed by atoms with van der Waals surface area (Å²) in [5.41, 5.74) is 4.28. The maximum absolute atomic E-state index is 13.6. The molecular weight excluding hydrogens is 460 g/mol. The maximum atomic E-state index is 13.6. The number of rotatable bonds is 6. The topological polar surface area (TPSA) is 94.6 Å². The van der Waals surface area contributed by atoms with Gasteiger partial charge in [-0.2, -0.15) is 0 Å². The van der Waals surface area contributed by atoms with Crippen LogP contribution in [0.25, 0.3) is 10.4 Å². The van der Waals surface area contributed by atoms with E-state index in [0.717, 1.165) is 21.7 Å². The lowest BCUT2D eigenvalue weighted by Crippen LogP contribution is -2.60. The number of nitrogens with one attached hydrogen (secondary N) is 2. The van der Waals surface area contributed by atoms with Gasteiger partial charge in [0.1, 0.15) is 6.04 Å². The van der Waals surface area contributed by atoms with Gasteiger partial charge in [-0.3, -0.25) is 9.59 Å². The number of thiazole rings is 1. The van der Waals surface area contributed by atoms with Gasteiger partial charge in [-0.1, -0.05) is 45.0 Å². The van der Waals surface area contributed by atoms with Gasteiger partial charge in [-0.05, 0) is 51.2 Å². The average Bonchev–Trinajstić information content (AvgIpc) is 3.35. The molecule has 1 aromatic carbocycles. The van der Waals surface area contributed by atoms with Crippen LogP contribution >= 0.6 is 11.3 Å². The van der Waals surface area contributed by atoms with Gasteiger partial charge in [0.2, 0.25) is 11.8 Å². The predicted octanol–water partition coefficient (Wildman–Crippen LogP) is 4.06. The zero-order valence-corrected chi connectivity index (χ0v) is 23.0. The molecule has 0 spiro atoms. The monoisotopic (exact) mass is 500 g/mol. The number of aromatic nitrogens is 1. The summed E-state index contributed by atoms with van der Waals surface area (Å²) in [7, 11) is 0. The van der Waals surface area contributed by atoms with Crippen molar-refractivity contribution in [3.05, 3.63) is 41.0 Å². The van der Waals surface area contributed by atoms with Crippen molar-refractivity contribution in [2.24, 2.45) is 5.41 Å². The van der Waals surface area contributed by atoms with E-state index in [1.807, 2.05) is 85.2 Å². The Morgan fingerprint density at radius 3 is 2.29 bits per heavy atom. The first kappa shape index (κ1) is 27.3. The van der Waals surface area contributed by atoms with Crippen molar-refractivity contribution in [1.82, 2.24) is 20.5 Å². The average molecular weight is 501 g/mol. The fourth-order valence-electron chi connectivity index (χ4n) is 4.45. The first-order valence-corrected chi connectivity index (χ1v) is 13.1. The van der Waals surface area contributed by atoms with Crippen LogP contribution in [0.15, 0.2) is 29.8 Å². The van der Waals surface area contributed by atoms with Gasteiger partial charge in [0.15, 0.2) is 0 Å². The SMILES string of the molecule is Cc1ncsc1-c1ccc(C(C)NC(=O)C2C[C@@H](O)CN2C(=O)C(NC(C)(C)C)C(C)(C)C)cc1. The van der Waals surface area contributed by atoms with E-state index in [0.29, 0.717) is 0 Å². The van der Waals surface area contributed by atoms with Gasteiger partial charge in [0, 0.05) is 18.5 Å². The normalized spacial score (nSPS) is 20.5. The van der Waals surface area contributed by atoms with Gasteiger partial charge in [-0.25, -0.2) is 4.98 Å². The highest BCUT2D eigenvalue weighted by Crippen LogP contribution is 2.30. The number of carbonyl (C=O) groups excluding carboxylic acids is 2. The zero-order chi connectivity index (χ0) is 26.1. The van der Waals surface area contributed by atoms with Crippen molar-refractivity contribution >= 4 is 23.2 Å². The molecule has 0 saturated carbocycles. The third-order valence-corrected chi connectivity index (χ3v) is 7.31. The fourth-order valence-corrected chi connectivity index (χ4v) is 5.26. The molecule has 8 heteroatoms. The molecule has 1 fully saturated rings. The Morgan fingerprint density at radius 1 is 1.14 bits per heavy atom. The minimum atomic E-state index is -0.720. The van der Waals surface area contributed by atoms with Crippen LogP contribution in [0, 0.1) is 12.3 Å². The quantitative estimate of drug-likeness (QED) is 0.556. The Kier molecular flexibility index (Phi) is 8.09. The summed E-state index contributed by atoms with van der Waals surface area (Å²) in [4.78, 5) is 33.9. The third kappa shape index (κ3) is 6.68. The number of hydrogen-bond donors (Lipinski definition) is 3. The molecule has 0 aliphatic carbocycles. The van der Waals surface area contributed by atoms with E-state index in [4.69, 9.17) is 0 Å². The number of nitrogens with zero attached hydrogens (tertiary/aromatic N) is 2. The Morgan fingerprint density at radius 2 is 1.77 bits per heavy atom. The third-order valence-electron chi connectivity index (χ3n) is 6.33. The van der Waals surface area contributed by atoms with Gasteiger partial charge in [-0.15, -0.1) is 11.3 Å². The number of hydrogen-bond acceptors (Lipinski definition) is 6. The summed E-state index contributed by atoms with van der Waals surface area (Å²) in [6, 6.07) is 6.68. The largest absolute Gasteiger partial charge is 0.391 e. The van der Waals surface area contributed by atoms with E-state index < -0.39 is 18.2 Å². The van der Waals surface area contributed by atoms with Crippen LogP contribution in [0.5, 0.6) is 0 Å². The molecule has 7 nitrogen and oxygen atoms in total. The lowest BCUT2D eigenvalue weighted by atomic mass is 9.84. The van der Waals surface area contributed by atoms with Crippen LogP contribution in [0.1, 0.15) is 72.2 Å². The Hall–Kier alpha value is -2.29. The van der Waals surface area contributed by atoms with E-state index in [-0.39, 0.29) is 41.8 Å². The van der Waals surface area contributed by atoms with Crippen molar-refractivity contribution < 1.29 is 14.7 Å². The van der Waals surface area contributed by atoms with Crippen molar-refractivity contribution in [3.63, 3.8) is 0 Å². The van der Waals surface area contributed by atoms with Gasteiger partial charge in [0.25, 0.3) is 0 Å². The molecule has 2 aromatic rings. The summed E-state index contributed by atoms with van der Waals surface area (Å²) in [5.74, 6) is -0.394. The van der Waals surface area contributed by atoms with E-state index in [9.17, 15) is 14.7 Å². The van der Waals surface area contributed by atoms with E-state index in [1.165, 1.54) is 0 Å². The number of benzene rings is 1. The fraction of sp³-hybridized carbons (Fsp3) is 0.593. The number of carbonyl (C=O) groups is 2. The van der Waals surface area contributed by atoms with Crippen molar-refractivity contribution in [2.75, 3.05) is 6.54 Å². The van der Waals surface area contributed by atoms with E-state index >= 15 is 0 Å². The predicted molar refractivity (Wildman–Crippen MR) is 141 cm³/mol. The minimum Gasteiger partial charge on any atom is -0.391 e. The summed E-state index contributed by atoms with van der Waals surface area (Å²) in [6.45, 7) is 16.2. The van der Waals surface area contributed by atoms with Gasteiger partial charge in [0.05, 0.1) is 34.3 Å². The molecule has 1 aliphatic heterocycles. The number of aryl methyl sites for hydroxylation is 1. The lowest BCUT2D eigenvalue weighted by Gasteiger charge is -2.39. The standard InChI is InChI=1S/C27H40N4O3S/c1-16(18-9-11-19(12-10-18)22-17(2)28-15-35-22)29-24(33)21-13-20(32)14-31(21)25(34)23(26(3,4)5)30-27(6,7)8/h9-12,15-16,20-21,23,30,32H,13-14H2,1-8H3,(H,29,33)/t16?,20-,21?,23?/m1/s1. The van der Waals surface area contributed by atoms with Crippen LogP contribution in [-0.4, -0.2) is 57.1 Å². The first-order chi connectivity index (χ1) is 16.2. The molecule has 3 N–H and O–H groups in total. The van der Waals surface area contributed by atoms with Crippen molar-refractivity contribution in [2.45, 2.75) is 91.6 Å². The molecule has 1 aliphatic rings. The summed E-state index contributed by atoms with van der Waals surface area (Å²) >= 11 is 1.61. The highest BCUT2D eigenvalue weighted by Gasteiger charge is 2.44. The Bertz CT molecular complexity index is 1040. The lowest BCUT2D eigenvalue weighted by molar-refractivity contribution is -0.143. The molecule has 1 saturated heterocycles. The zero-order valence-electron chi connectivity index (χ0n) is 22.2. The molecular formula is C27H40N4O3S. The number of aliphatic hydroxyl groups is 1. The molecule has 3 unspecified atom stereocenters. The van der Waals surface area contributed by atoms with E-state index in [2.05, 4.69) is 15.6 Å². The Balaban J connectivity index is 1.73. The van der Waals surface area contributed by atoms with Crippen LogP contribution in [-0.2, 0) is 9.59 Å². The van der Waals surface area contributed by atoms with Crippen LogP contribution in [0.4, 0.5) is 0 Å². The minimum absolute atomic E-state index is 0.152. The van der Waals surface area contributed by atoms with Crippen LogP contribution in [0.3, 0.4) is 0 Å². The second kappa shape index (κ2) is 10.4. The molecule has 0 radical (unpaired) electrons. The van der Waals surface area contributed by atoms with E-state index in [1.54, 1.807) is 16.2 Å². The summed E-state index contributed by atoms with van der Waals surface area (Å²) < 4.78 is 0. The number of likely N-dealkylation sites (tertiary alicyclic amines) is 1. The number of β-amino-alcohol motifs (C(OH)–C–C–N with tert-alkyl or cyclic N) is 1. The van der Waals surface area contributed by atoms with Crippen molar-refractivity contribution in [1.29, 1.82) is 0 Å². The number of aliphatic hydroxyl groups excluding tert-OH is 1. The molecule has 1 aromatic heterocycles. The number of amides is 2. The van der Waals surface area contributed by atoms with Gasteiger partial charge < -0.3 is 20.6 Å². The van der Waals surface area contributed by atoms with Crippen molar-refractivity contribution in [3.8, 4) is 10.4 Å². The second-order valence-corrected chi connectivity index (χ2v) is 12.6. The summed E-state index contributed by atoms with van der Waals surface area (Å²) in [6.07, 6.45) is -0.484. The highest BCUT2D eigenvalue weighted by atomic mass is 32.1. The molecule has 0 bridgehead atoms. The molecule has 2 amide bonds. The highest BCUT2D eigenvalue weighted by molar-refractivity contribution is 7.13. The Labute approximate surface area is 213 Å².